The first-order chi connectivity index (χ1) is 10.1. The largest absolute Gasteiger partial charge is 0.375 e. The van der Waals surface area contributed by atoms with E-state index in [0.717, 1.165) is 34.4 Å². The Hall–Kier alpha value is -1.62. The molecule has 0 fully saturated rings. The molecule has 0 amide bonds. The Morgan fingerprint density at radius 2 is 2.24 bits per heavy atom. The number of nitrogens with zero attached hydrogens (tertiary/aromatic N) is 2. The van der Waals surface area contributed by atoms with Crippen LogP contribution in [0.15, 0.2) is 28.7 Å². The molecular formula is C16H18BrN3O. The highest BCUT2D eigenvalue weighted by molar-refractivity contribution is 9.10. The highest BCUT2D eigenvalue weighted by atomic mass is 79.9. The van der Waals surface area contributed by atoms with Gasteiger partial charge in [0, 0.05) is 19.2 Å². The summed E-state index contributed by atoms with van der Waals surface area (Å²) in [6, 6.07) is 7.97. The number of carbonyl (C=O) groups is 1. The van der Waals surface area contributed by atoms with E-state index in [1.54, 1.807) is 0 Å². The molecule has 2 heterocycles. The summed E-state index contributed by atoms with van der Waals surface area (Å²) in [6.45, 7) is 2.06. The Kier molecular flexibility index (Phi) is 3.85. The molecular weight excluding hydrogens is 330 g/mol. The summed E-state index contributed by atoms with van der Waals surface area (Å²) in [5, 5.41) is 7.76. The van der Waals surface area contributed by atoms with Gasteiger partial charge < -0.3 is 5.32 Å². The van der Waals surface area contributed by atoms with Gasteiger partial charge in [0.05, 0.1) is 28.3 Å². The van der Waals surface area contributed by atoms with Crippen molar-refractivity contribution in [2.24, 2.45) is 7.05 Å². The van der Waals surface area contributed by atoms with Gasteiger partial charge in [0.1, 0.15) is 0 Å². The normalized spacial score (nSPS) is 16.6. The zero-order valence-electron chi connectivity index (χ0n) is 12.2. The lowest BCUT2D eigenvalue weighted by Gasteiger charge is -2.10. The average Bonchev–Trinajstić information content (AvgIpc) is 3.03. The minimum Gasteiger partial charge on any atom is -0.375 e. The minimum absolute atomic E-state index is 0.130. The SMILES string of the molecule is CCc1nn(C)c(CC(=O)C2Cc3ccccc3N2)c1Br. The van der Waals surface area contributed by atoms with Gasteiger partial charge in [-0.25, -0.2) is 0 Å². The molecule has 1 N–H and O–H groups in total. The molecule has 0 radical (unpaired) electrons. The molecule has 0 aliphatic carbocycles. The molecule has 4 nitrogen and oxygen atoms in total. The van der Waals surface area contributed by atoms with Crippen LogP contribution in [0.25, 0.3) is 0 Å². The molecule has 1 aliphatic heterocycles. The highest BCUT2D eigenvalue weighted by Gasteiger charge is 2.27. The molecule has 5 heteroatoms. The Morgan fingerprint density at radius 1 is 1.48 bits per heavy atom. The molecule has 1 atom stereocenters. The van der Waals surface area contributed by atoms with Crippen molar-refractivity contribution in [3.63, 3.8) is 0 Å². The van der Waals surface area contributed by atoms with Crippen LogP contribution < -0.4 is 5.32 Å². The average molecular weight is 348 g/mol. The lowest BCUT2D eigenvalue weighted by atomic mass is 10.0. The Labute approximate surface area is 132 Å². The number of aromatic nitrogens is 2. The monoisotopic (exact) mass is 347 g/mol. The summed E-state index contributed by atoms with van der Waals surface area (Å²) in [5.74, 6) is 0.206. The number of carbonyl (C=O) groups excluding carboxylic acids is 1. The summed E-state index contributed by atoms with van der Waals surface area (Å²) < 4.78 is 2.78. The van der Waals surface area contributed by atoms with Crippen LogP contribution in [0.2, 0.25) is 0 Å². The van der Waals surface area contributed by atoms with Gasteiger partial charge >= 0.3 is 0 Å². The molecule has 1 aromatic carbocycles. The number of hydrogen-bond donors (Lipinski definition) is 1. The molecule has 21 heavy (non-hydrogen) atoms. The van der Waals surface area contributed by atoms with Crippen LogP contribution >= 0.6 is 15.9 Å². The number of Topliss-reactive ketones (excluding diaryl/α,β-unsaturated/α-hetero) is 1. The van der Waals surface area contributed by atoms with Crippen molar-refractivity contribution in [1.29, 1.82) is 0 Å². The van der Waals surface area contributed by atoms with Gasteiger partial charge in [0.15, 0.2) is 5.78 Å². The number of aryl methyl sites for hydroxylation is 2. The van der Waals surface area contributed by atoms with Gasteiger partial charge in [-0.3, -0.25) is 9.48 Å². The summed E-state index contributed by atoms with van der Waals surface area (Å²) >= 11 is 3.57. The van der Waals surface area contributed by atoms with Crippen LogP contribution in [0.1, 0.15) is 23.9 Å². The van der Waals surface area contributed by atoms with Crippen molar-refractivity contribution >= 4 is 27.4 Å². The van der Waals surface area contributed by atoms with Crippen LogP contribution in [0.5, 0.6) is 0 Å². The molecule has 2 aromatic rings. The van der Waals surface area contributed by atoms with E-state index >= 15 is 0 Å². The van der Waals surface area contributed by atoms with Gasteiger partial charge in [0.25, 0.3) is 0 Å². The van der Waals surface area contributed by atoms with E-state index in [2.05, 4.69) is 39.3 Å². The van der Waals surface area contributed by atoms with Crippen LogP contribution in [-0.2, 0) is 31.1 Å². The Morgan fingerprint density at radius 3 is 2.90 bits per heavy atom. The first-order valence-electron chi connectivity index (χ1n) is 7.17. The first-order valence-corrected chi connectivity index (χ1v) is 7.96. The third kappa shape index (κ3) is 2.62. The van der Waals surface area contributed by atoms with Crippen molar-refractivity contribution in [2.45, 2.75) is 32.2 Å². The van der Waals surface area contributed by atoms with Crippen molar-refractivity contribution in [3.05, 3.63) is 45.7 Å². The van der Waals surface area contributed by atoms with Crippen LogP contribution in [0.4, 0.5) is 5.69 Å². The second-order valence-corrected chi connectivity index (χ2v) is 6.18. The number of benzene rings is 1. The van der Waals surface area contributed by atoms with Crippen molar-refractivity contribution in [3.8, 4) is 0 Å². The lowest BCUT2D eigenvalue weighted by Crippen LogP contribution is -2.29. The number of fused-ring (bicyclic) bond motifs is 1. The molecule has 0 bridgehead atoms. The number of para-hydroxylation sites is 1. The highest BCUT2D eigenvalue weighted by Crippen LogP contribution is 2.27. The van der Waals surface area contributed by atoms with E-state index in [-0.39, 0.29) is 11.8 Å². The topological polar surface area (TPSA) is 46.9 Å². The number of rotatable bonds is 4. The van der Waals surface area contributed by atoms with Crippen molar-refractivity contribution < 1.29 is 4.79 Å². The first kappa shape index (κ1) is 14.3. The molecule has 1 aromatic heterocycles. The molecule has 3 rings (SSSR count). The van der Waals surface area contributed by atoms with E-state index in [4.69, 9.17) is 0 Å². The predicted molar refractivity (Wildman–Crippen MR) is 86.6 cm³/mol. The fourth-order valence-corrected chi connectivity index (χ4v) is 3.55. The van der Waals surface area contributed by atoms with E-state index in [1.807, 2.05) is 29.9 Å². The number of anilines is 1. The smallest absolute Gasteiger partial charge is 0.161 e. The number of hydrogen-bond acceptors (Lipinski definition) is 3. The van der Waals surface area contributed by atoms with Crippen LogP contribution in [0, 0.1) is 0 Å². The molecule has 1 unspecified atom stereocenters. The van der Waals surface area contributed by atoms with Crippen molar-refractivity contribution in [1.82, 2.24) is 9.78 Å². The van der Waals surface area contributed by atoms with Crippen LogP contribution in [-0.4, -0.2) is 21.6 Å². The van der Waals surface area contributed by atoms with Gasteiger partial charge in [-0.15, -0.1) is 0 Å². The second kappa shape index (κ2) is 5.64. The quantitative estimate of drug-likeness (QED) is 0.924. The van der Waals surface area contributed by atoms with Gasteiger partial charge in [0.2, 0.25) is 0 Å². The Balaban J connectivity index is 1.75. The maximum absolute atomic E-state index is 12.6. The Bertz CT molecular complexity index is 668. The summed E-state index contributed by atoms with van der Waals surface area (Å²) in [7, 11) is 1.89. The number of halogens is 1. The van der Waals surface area contributed by atoms with E-state index in [0.29, 0.717) is 6.42 Å². The van der Waals surface area contributed by atoms with Crippen LogP contribution in [0.3, 0.4) is 0 Å². The van der Waals surface area contributed by atoms with E-state index < -0.39 is 0 Å². The third-order valence-corrected chi connectivity index (χ3v) is 4.92. The lowest BCUT2D eigenvalue weighted by molar-refractivity contribution is -0.119. The zero-order valence-corrected chi connectivity index (χ0v) is 13.8. The van der Waals surface area contributed by atoms with Gasteiger partial charge in [-0.1, -0.05) is 25.1 Å². The standard InChI is InChI=1S/C16H18BrN3O/c1-3-11-16(17)14(20(2)19-11)9-15(21)13-8-10-6-4-5-7-12(10)18-13/h4-7,13,18H,3,8-9H2,1-2H3. The van der Waals surface area contributed by atoms with Gasteiger partial charge in [-0.05, 0) is 34.0 Å². The summed E-state index contributed by atoms with van der Waals surface area (Å²) in [4.78, 5) is 12.6. The molecule has 1 aliphatic rings. The zero-order chi connectivity index (χ0) is 15.0. The van der Waals surface area contributed by atoms with Gasteiger partial charge in [-0.2, -0.15) is 5.10 Å². The van der Waals surface area contributed by atoms with Crippen molar-refractivity contribution in [2.75, 3.05) is 5.32 Å². The third-order valence-electron chi connectivity index (χ3n) is 4.00. The summed E-state index contributed by atoms with van der Waals surface area (Å²) in [5.41, 5.74) is 4.25. The molecule has 0 spiro atoms. The summed E-state index contributed by atoms with van der Waals surface area (Å²) in [6.07, 6.45) is 2.02. The fraction of sp³-hybridized carbons (Fsp3) is 0.375. The second-order valence-electron chi connectivity index (χ2n) is 5.39. The number of ketones is 1. The fourth-order valence-electron chi connectivity index (χ4n) is 2.79. The molecule has 0 saturated carbocycles. The van der Waals surface area contributed by atoms with E-state index in [1.165, 1.54) is 5.56 Å². The number of nitrogens with one attached hydrogen (secondary N) is 1. The molecule has 0 saturated heterocycles. The maximum atomic E-state index is 12.6. The van der Waals surface area contributed by atoms with E-state index in [9.17, 15) is 4.79 Å². The maximum Gasteiger partial charge on any atom is 0.161 e. The molecule has 110 valence electrons. The predicted octanol–water partition coefficient (Wildman–Crippen LogP) is 2.89. The minimum atomic E-state index is -0.130.